The molecule has 0 fully saturated rings. The maximum Gasteiger partial charge on any atom is 0.236 e. The summed E-state index contributed by atoms with van der Waals surface area (Å²) in [5.41, 5.74) is 1.06. The number of benzene rings is 2. The van der Waals surface area contributed by atoms with Crippen molar-refractivity contribution in [2.75, 3.05) is 11.9 Å². The number of aromatic hydroxyl groups is 1. The predicted octanol–water partition coefficient (Wildman–Crippen LogP) is 4.71. The Kier molecular flexibility index (Phi) is 7.26. The molecule has 0 spiro atoms. The van der Waals surface area contributed by atoms with Crippen molar-refractivity contribution >= 4 is 28.1 Å². The number of aliphatic hydroxyl groups is 1. The SMILES string of the molecule is CC(C)C[C@@H](CO)NC(=N)c1c(O)nsc1Nc1ccc(Oc2ccccc2)cc1. The summed E-state index contributed by atoms with van der Waals surface area (Å²) < 4.78 is 9.76. The van der Waals surface area contributed by atoms with Gasteiger partial charge in [0, 0.05) is 5.69 Å². The Morgan fingerprint density at radius 2 is 1.77 bits per heavy atom. The van der Waals surface area contributed by atoms with Gasteiger partial charge in [-0.2, -0.15) is 4.37 Å². The third kappa shape index (κ3) is 5.71. The lowest BCUT2D eigenvalue weighted by molar-refractivity contribution is 0.238. The quantitative estimate of drug-likeness (QED) is 0.250. The van der Waals surface area contributed by atoms with Crippen molar-refractivity contribution in [3.05, 3.63) is 60.2 Å². The molecule has 0 radical (unpaired) electrons. The van der Waals surface area contributed by atoms with Crippen LogP contribution >= 0.6 is 11.5 Å². The van der Waals surface area contributed by atoms with Crippen LogP contribution in [0.5, 0.6) is 17.4 Å². The summed E-state index contributed by atoms with van der Waals surface area (Å²) in [4.78, 5) is 0. The number of rotatable bonds is 9. The van der Waals surface area contributed by atoms with Gasteiger partial charge < -0.3 is 25.6 Å². The third-order valence-electron chi connectivity index (χ3n) is 4.34. The second-order valence-corrected chi connectivity index (χ2v) is 8.08. The Labute approximate surface area is 180 Å². The number of aliphatic hydroxyl groups excluding tert-OH is 1. The number of nitrogens with zero attached hydrogens (tertiary/aromatic N) is 1. The molecule has 0 saturated heterocycles. The molecule has 0 amide bonds. The maximum atomic E-state index is 10.2. The monoisotopic (exact) mass is 426 g/mol. The molecule has 158 valence electrons. The molecule has 2 aromatic carbocycles. The van der Waals surface area contributed by atoms with Crippen molar-refractivity contribution in [3.8, 4) is 17.4 Å². The number of amidine groups is 1. The summed E-state index contributed by atoms with van der Waals surface area (Å²) in [5, 5.41) is 34.8. The van der Waals surface area contributed by atoms with E-state index in [1.807, 2.05) is 54.6 Å². The highest BCUT2D eigenvalue weighted by Gasteiger charge is 2.21. The molecule has 0 aliphatic heterocycles. The van der Waals surface area contributed by atoms with Crippen LogP contribution in [0.2, 0.25) is 0 Å². The van der Waals surface area contributed by atoms with Gasteiger partial charge in [-0.3, -0.25) is 5.41 Å². The fraction of sp³-hybridized carbons (Fsp3) is 0.273. The topological polar surface area (TPSA) is 110 Å². The van der Waals surface area contributed by atoms with Gasteiger partial charge in [-0.1, -0.05) is 32.0 Å². The molecule has 7 nitrogen and oxygen atoms in total. The Balaban J connectivity index is 1.69. The summed E-state index contributed by atoms with van der Waals surface area (Å²) in [5.74, 6) is 1.63. The first kappa shape index (κ1) is 21.6. The molecule has 0 aliphatic carbocycles. The van der Waals surface area contributed by atoms with Gasteiger partial charge in [0.2, 0.25) is 5.88 Å². The van der Waals surface area contributed by atoms with E-state index in [1.54, 1.807) is 0 Å². The van der Waals surface area contributed by atoms with Gasteiger partial charge in [-0.25, -0.2) is 0 Å². The lowest BCUT2D eigenvalue weighted by atomic mass is 10.0. The van der Waals surface area contributed by atoms with Gasteiger partial charge in [0.05, 0.1) is 12.6 Å². The lowest BCUT2D eigenvalue weighted by Gasteiger charge is -2.20. The summed E-state index contributed by atoms with van der Waals surface area (Å²) in [6.45, 7) is 4.01. The molecule has 0 unspecified atom stereocenters. The van der Waals surface area contributed by atoms with Crippen LogP contribution in [-0.2, 0) is 0 Å². The van der Waals surface area contributed by atoms with E-state index in [0.29, 0.717) is 23.1 Å². The highest BCUT2D eigenvalue weighted by molar-refractivity contribution is 7.11. The first-order valence-corrected chi connectivity index (χ1v) is 10.5. The van der Waals surface area contributed by atoms with Crippen molar-refractivity contribution in [1.82, 2.24) is 9.69 Å². The minimum atomic E-state index is -0.265. The van der Waals surface area contributed by atoms with E-state index in [0.717, 1.165) is 23.0 Å². The minimum Gasteiger partial charge on any atom is -0.492 e. The molecule has 1 aromatic heterocycles. The van der Waals surface area contributed by atoms with E-state index in [1.165, 1.54) is 0 Å². The van der Waals surface area contributed by atoms with Crippen LogP contribution in [0.4, 0.5) is 10.7 Å². The summed E-state index contributed by atoms with van der Waals surface area (Å²) >= 11 is 1.07. The fourth-order valence-electron chi connectivity index (χ4n) is 2.98. The molecule has 30 heavy (non-hydrogen) atoms. The smallest absolute Gasteiger partial charge is 0.236 e. The first-order chi connectivity index (χ1) is 14.5. The van der Waals surface area contributed by atoms with E-state index in [2.05, 4.69) is 28.9 Å². The van der Waals surface area contributed by atoms with Crippen LogP contribution in [0.25, 0.3) is 0 Å². The zero-order chi connectivity index (χ0) is 21.5. The summed E-state index contributed by atoms with van der Waals surface area (Å²) in [6.07, 6.45) is 0.711. The van der Waals surface area contributed by atoms with E-state index < -0.39 is 0 Å². The third-order valence-corrected chi connectivity index (χ3v) is 5.09. The van der Waals surface area contributed by atoms with Gasteiger partial charge in [0.25, 0.3) is 0 Å². The molecular weight excluding hydrogens is 400 g/mol. The fourth-order valence-corrected chi connectivity index (χ4v) is 3.70. The van der Waals surface area contributed by atoms with E-state index >= 15 is 0 Å². The number of para-hydroxylation sites is 1. The number of nitrogens with one attached hydrogen (secondary N) is 3. The van der Waals surface area contributed by atoms with E-state index in [-0.39, 0.29) is 29.9 Å². The van der Waals surface area contributed by atoms with Crippen molar-refractivity contribution in [1.29, 1.82) is 5.41 Å². The molecule has 1 atom stereocenters. The van der Waals surface area contributed by atoms with Crippen molar-refractivity contribution in [3.63, 3.8) is 0 Å². The molecule has 8 heteroatoms. The Morgan fingerprint density at radius 3 is 2.40 bits per heavy atom. The number of anilines is 2. The van der Waals surface area contributed by atoms with E-state index in [9.17, 15) is 10.2 Å². The van der Waals surface area contributed by atoms with Crippen molar-refractivity contribution in [2.24, 2.45) is 5.92 Å². The van der Waals surface area contributed by atoms with Gasteiger partial charge in [0.15, 0.2) is 0 Å². The average molecular weight is 427 g/mol. The molecule has 0 saturated carbocycles. The Bertz CT molecular complexity index is 958. The van der Waals surface area contributed by atoms with Crippen molar-refractivity contribution in [2.45, 2.75) is 26.3 Å². The molecule has 1 heterocycles. The number of hydrogen-bond acceptors (Lipinski definition) is 7. The van der Waals surface area contributed by atoms with Crippen LogP contribution < -0.4 is 15.4 Å². The van der Waals surface area contributed by atoms with Gasteiger partial charge in [-0.15, -0.1) is 0 Å². The second-order valence-electron chi connectivity index (χ2n) is 7.30. The number of aromatic nitrogens is 1. The van der Waals surface area contributed by atoms with Crippen molar-refractivity contribution < 1.29 is 14.9 Å². The highest BCUT2D eigenvalue weighted by atomic mass is 32.1. The van der Waals surface area contributed by atoms with Crippen LogP contribution in [0.15, 0.2) is 54.6 Å². The van der Waals surface area contributed by atoms with Crippen LogP contribution in [0, 0.1) is 11.3 Å². The first-order valence-electron chi connectivity index (χ1n) is 9.71. The van der Waals surface area contributed by atoms with E-state index in [4.69, 9.17) is 10.1 Å². The van der Waals surface area contributed by atoms with Crippen LogP contribution in [0.3, 0.4) is 0 Å². The summed E-state index contributed by atoms with van der Waals surface area (Å²) in [6, 6.07) is 16.6. The largest absolute Gasteiger partial charge is 0.492 e. The lowest BCUT2D eigenvalue weighted by Crippen LogP contribution is -2.38. The molecule has 5 N–H and O–H groups in total. The number of hydrogen-bond donors (Lipinski definition) is 5. The molecule has 3 rings (SSSR count). The van der Waals surface area contributed by atoms with Crippen LogP contribution in [-0.4, -0.2) is 33.1 Å². The molecule has 0 bridgehead atoms. The zero-order valence-corrected chi connectivity index (χ0v) is 17.7. The highest BCUT2D eigenvalue weighted by Crippen LogP contribution is 2.33. The van der Waals surface area contributed by atoms with Gasteiger partial charge in [0.1, 0.15) is 27.9 Å². The zero-order valence-electron chi connectivity index (χ0n) is 16.9. The standard InChI is InChI=1S/C22H26N4O3S/c1-14(2)12-16(13-27)24-20(23)19-21(28)26-30-22(19)25-15-8-10-18(11-9-15)29-17-6-4-3-5-7-17/h3-11,14,16,25,27H,12-13H2,1-2H3,(H2,23,24)(H,26,28)/t16-/m0/s1. The molecule has 3 aromatic rings. The Hall–Kier alpha value is -3.10. The van der Waals surface area contributed by atoms with Gasteiger partial charge >= 0.3 is 0 Å². The minimum absolute atomic E-state index is 0.0208. The normalized spacial score (nSPS) is 11.9. The predicted molar refractivity (Wildman–Crippen MR) is 120 cm³/mol. The van der Waals surface area contributed by atoms with Crippen LogP contribution in [0.1, 0.15) is 25.8 Å². The maximum absolute atomic E-state index is 10.2. The second kappa shape index (κ2) is 10.1. The molecule has 0 aliphatic rings. The number of ether oxygens (including phenoxy) is 1. The Morgan fingerprint density at radius 1 is 1.10 bits per heavy atom. The van der Waals surface area contributed by atoms with Gasteiger partial charge in [-0.05, 0) is 60.3 Å². The average Bonchev–Trinajstić information content (AvgIpc) is 3.09. The molecular formula is C22H26N4O3S. The summed E-state index contributed by atoms with van der Waals surface area (Å²) in [7, 11) is 0.